The second kappa shape index (κ2) is 9.62. The van der Waals surface area contributed by atoms with Crippen molar-refractivity contribution in [2.24, 2.45) is 0 Å². The molecule has 3 rings (SSSR count). The number of hydrogen-bond acceptors (Lipinski definition) is 1. The van der Waals surface area contributed by atoms with Gasteiger partial charge < -0.3 is 17.0 Å². The summed E-state index contributed by atoms with van der Waals surface area (Å²) in [5.41, 5.74) is 0.784. The van der Waals surface area contributed by atoms with Crippen molar-refractivity contribution in [1.29, 1.82) is 0 Å². The SMILES string of the molecule is CC(C=O)=CC[P+](c1ccccc1)(c1ccccc1)c1ccccc1.[Br-]. The summed E-state index contributed by atoms with van der Waals surface area (Å²) in [6.45, 7) is 1.88. The summed E-state index contributed by atoms with van der Waals surface area (Å²) < 4.78 is 0. The van der Waals surface area contributed by atoms with E-state index in [0.717, 1.165) is 18.0 Å². The topological polar surface area (TPSA) is 17.1 Å². The minimum absolute atomic E-state index is 0. The number of hydrogen-bond donors (Lipinski definition) is 0. The highest BCUT2D eigenvalue weighted by atomic mass is 79.9. The van der Waals surface area contributed by atoms with Crippen LogP contribution in [0, 0.1) is 0 Å². The van der Waals surface area contributed by atoms with Crippen LogP contribution in [0.5, 0.6) is 0 Å². The van der Waals surface area contributed by atoms with Crippen LogP contribution in [-0.4, -0.2) is 12.4 Å². The molecule has 0 fully saturated rings. The minimum Gasteiger partial charge on any atom is -1.00 e. The molecule has 0 aromatic heterocycles. The molecule has 0 saturated heterocycles. The quantitative estimate of drug-likeness (QED) is 0.329. The molecule has 0 N–H and O–H groups in total. The van der Waals surface area contributed by atoms with E-state index < -0.39 is 7.26 Å². The maximum atomic E-state index is 11.2. The summed E-state index contributed by atoms with van der Waals surface area (Å²) in [5, 5.41) is 4.01. The molecule has 3 heteroatoms. The van der Waals surface area contributed by atoms with Gasteiger partial charge in [0.15, 0.2) is 0 Å². The lowest BCUT2D eigenvalue weighted by molar-refractivity contribution is -0.104. The highest BCUT2D eigenvalue weighted by Crippen LogP contribution is 2.55. The maximum absolute atomic E-state index is 11.2. The van der Waals surface area contributed by atoms with Gasteiger partial charge in [0.05, 0.1) is 6.16 Å². The molecule has 3 aromatic rings. The first kappa shape index (κ1) is 20.3. The zero-order chi connectivity index (χ0) is 17.5. The van der Waals surface area contributed by atoms with Gasteiger partial charge in [0.1, 0.15) is 29.5 Å². The van der Waals surface area contributed by atoms with E-state index in [9.17, 15) is 4.79 Å². The largest absolute Gasteiger partial charge is 1.00 e. The Hall–Kier alpha value is -2.02. The Labute approximate surface area is 166 Å². The number of carbonyl (C=O) groups is 1. The minimum atomic E-state index is -1.86. The van der Waals surface area contributed by atoms with Crippen molar-refractivity contribution in [3.63, 3.8) is 0 Å². The average molecular weight is 425 g/mol. The van der Waals surface area contributed by atoms with E-state index in [0.29, 0.717) is 0 Å². The Bertz CT molecular complexity index is 748. The first-order valence-corrected chi connectivity index (χ1v) is 10.4. The van der Waals surface area contributed by atoms with Gasteiger partial charge in [0, 0.05) is 0 Å². The standard InChI is InChI=1S/C23H22OP.BrH/c1-20(19-24)17-18-25(21-11-5-2-6-12-21,22-13-7-3-8-14-22)23-15-9-4-10-16-23;/h2-17,19H,18H2,1H3;1H/q+1;/p-1. The lowest BCUT2D eigenvalue weighted by atomic mass is 10.3. The smallest absolute Gasteiger partial charge is 0.145 e. The Morgan fingerprint density at radius 1 is 0.731 bits per heavy atom. The monoisotopic (exact) mass is 424 g/mol. The van der Waals surface area contributed by atoms with Crippen LogP contribution in [0.4, 0.5) is 0 Å². The van der Waals surface area contributed by atoms with E-state index in [1.807, 2.05) is 6.92 Å². The summed E-state index contributed by atoms with van der Waals surface area (Å²) in [7, 11) is -1.86. The molecule has 0 radical (unpaired) electrons. The third-order valence-electron chi connectivity index (χ3n) is 4.46. The van der Waals surface area contributed by atoms with Crippen molar-refractivity contribution in [2.75, 3.05) is 6.16 Å². The van der Waals surface area contributed by atoms with E-state index in [1.165, 1.54) is 15.9 Å². The van der Waals surface area contributed by atoms with Crippen LogP contribution in [0.1, 0.15) is 6.92 Å². The van der Waals surface area contributed by atoms with Crippen molar-refractivity contribution in [3.05, 3.63) is 103 Å². The van der Waals surface area contributed by atoms with Crippen LogP contribution in [-0.2, 0) is 4.79 Å². The Balaban J connectivity index is 0.00000243. The summed E-state index contributed by atoms with van der Waals surface area (Å²) in [4.78, 5) is 11.2. The molecule has 0 amide bonds. The number of carbonyl (C=O) groups excluding carboxylic acids is 1. The summed E-state index contributed by atoms with van der Waals surface area (Å²) >= 11 is 0. The highest BCUT2D eigenvalue weighted by molar-refractivity contribution is 7.95. The molecular weight excluding hydrogens is 403 g/mol. The molecule has 0 saturated carbocycles. The van der Waals surface area contributed by atoms with Gasteiger partial charge in [0.25, 0.3) is 0 Å². The van der Waals surface area contributed by atoms with Crippen LogP contribution in [0.15, 0.2) is 103 Å². The van der Waals surface area contributed by atoms with Crippen molar-refractivity contribution in [1.82, 2.24) is 0 Å². The molecule has 0 unspecified atom stereocenters. The molecule has 26 heavy (non-hydrogen) atoms. The summed E-state index contributed by atoms with van der Waals surface area (Å²) in [6, 6.07) is 32.1. The Morgan fingerprint density at radius 3 is 1.38 bits per heavy atom. The molecule has 0 atom stereocenters. The number of benzene rings is 3. The normalized spacial score (nSPS) is 11.5. The number of halogens is 1. The fraction of sp³-hybridized carbons (Fsp3) is 0.0870. The van der Waals surface area contributed by atoms with Gasteiger partial charge in [-0.2, -0.15) is 0 Å². The van der Waals surface area contributed by atoms with E-state index in [2.05, 4.69) is 97.1 Å². The van der Waals surface area contributed by atoms with Crippen molar-refractivity contribution in [3.8, 4) is 0 Å². The van der Waals surface area contributed by atoms with Gasteiger partial charge in [-0.25, -0.2) is 0 Å². The second-order valence-corrected chi connectivity index (χ2v) is 9.60. The first-order valence-electron chi connectivity index (χ1n) is 8.44. The van der Waals surface area contributed by atoms with Crippen LogP contribution < -0.4 is 32.9 Å². The van der Waals surface area contributed by atoms with Gasteiger partial charge in [-0.05, 0) is 55.0 Å². The van der Waals surface area contributed by atoms with Crippen molar-refractivity contribution in [2.45, 2.75) is 6.92 Å². The lowest BCUT2D eigenvalue weighted by Crippen LogP contribution is -3.00. The van der Waals surface area contributed by atoms with Crippen LogP contribution >= 0.6 is 7.26 Å². The van der Waals surface area contributed by atoms with Gasteiger partial charge in [-0.3, -0.25) is 4.79 Å². The first-order chi connectivity index (χ1) is 12.3. The van der Waals surface area contributed by atoms with E-state index in [1.54, 1.807) is 0 Å². The third-order valence-corrected chi connectivity index (χ3v) is 8.73. The average Bonchev–Trinajstić information content (AvgIpc) is 2.71. The lowest BCUT2D eigenvalue weighted by Gasteiger charge is -2.26. The predicted molar refractivity (Wildman–Crippen MR) is 110 cm³/mol. The van der Waals surface area contributed by atoms with E-state index >= 15 is 0 Å². The zero-order valence-corrected chi connectivity index (χ0v) is 17.2. The van der Waals surface area contributed by atoms with E-state index in [4.69, 9.17) is 0 Å². The predicted octanol–water partition coefficient (Wildman–Crippen LogP) is 1.13. The summed E-state index contributed by atoms with van der Waals surface area (Å²) in [5.74, 6) is 0. The van der Waals surface area contributed by atoms with Gasteiger partial charge in [0.2, 0.25) is 0 Å². The number of rotatable bonds is 6. The third kappa shape index (κ3) is 4.20. The molecule has 0 aliphatic heterocycles. The molecule has 132 valence electrons. The van der Waals surface area contributed by atoms with Crippen LogP contribution in [0.25, 0.3) is 0 Å². The fourth-order valence-electron chi connectivity index (χ4n) is 3.14. The number of aldehydes is 1. The Morgan fingerprint density at radius 2 is 1.08 bits per heavy atom. The van der Waals surface area contributed by atoms with Gasteiger partial charge >= 0.3 is 0 Å². The van der Waals surface area contributed by atoms with Gasteiger partial charge in [-0.1, -0.05) is 54.6 Å². The molecule has 0 heterocycles. The fourth-order valence-corrected chi connectivity index (χ4v) is 7.27. The van der Waals surface area contributed by atoms with Crippen LogP contribution in [0.3, 0.4) is 0 Å². The second-order valence-electron chi connectivity index (χ2n) is 6.06. The highest BCUT2D eigenvalue weighted by Gasteiger charge is 2.44. The molecule has 0 aliphatic rings. The number of allylic oxidation sites excluding steroid dienone is 2. The Kier molecular flexibility index (Phi) is 7.50. The zero-order valence-electron chi connectivity index (χ0n) is 14.8. The summed E-state index contributed by atoms with van der Waals surface area (Å²) in [6.07, 6.45) is 3.87. The molecule has 0 bridgehead atoms. The van der Waals surface area contributed by atoms with Crippen LogP contribution in [0.2, 0.25) is 0 Å². The molecule has 1 nitrogen and oxygen atoms in total. The molecule has 0 aliphatic carbocycles. The van der Waals surface area contributed by atoms with Crippen molar-refractivity contribution >= 4 is 29.5 Å². The molecular formula is C23H22BrOP. The molecule has 3 aromatic carbocycles. The maximum Gasteiger partial charge on any atom is 0.145 e. The van der Waals surface area contributed by atoms with Crippen molar-refractivity contribution < 1.29 is 21.8 Å². The van der Waals surface area contributed by atoms with Gasteiger partial charge in [-0.15, -0.1) is 0 Å². The molecule has 0 spiro atoms. The van der Waals surface area contributed by atoms with E-state index in [-0.39, 0.29) is 17.0 Å².